The molecule has 0 radical (unpaired) electrons. The number of benzene rings is 1. The number of ether oxygens (including phenoxy) is 1. The van der Waals surface area contributed by atoms with Crippen LogP contribution in [0.15, 0.2) is 18.2 Å². The van der Waals surface area contributed by atoms with E-state index in [-0.39, 0.29) is 11.5 Å². The van der Waals surface area contributed by atoms with E-state index in [4.69, 9.17) is 39.5 Å². The van der Waals surface area contributed by atoms with Crippen LogP contribution in [0.3, 0.4) is 0 Å². The Morgan fingerprint density at radius 2 is 1.92 bits per heavy atom. The fourth-order valence-electron chi connectivity index (χ4n) is 0.963. The predicted molar refractivity (Wildman–Crippen MR) is 53.9 cm³/mol. The molecule has 0 bridgehead atoms. The lowest BCUT2D eigenvalue weighted by atomic mass is 10.2. The lowest BCUT2D eigenvalue weighted by Gasteiger charge is -2.15. The van der Waals surface area contributed by atoms with Crippen LogP contribution in [0.1, 0.15) is 5.56 Å². The molecule has 0 aliphatic carbocycles. The molecule has 0 aromatic heterocycles. The number of para-hydroxylation sites is 1. The minimum Gasteiger partial charge on any atom is -0.504 e. The highest BCUT2D eigenvalue weighted by Crippen LogP contribution is 2.45. The Balaban J connectivity index is 3.29. The first kappa shape index (κ1) is 10.8. The molecule has 0 spiro atoms. The van der Waals surface area contributed by atoms with Gasteiger partial charge >= 0.3 is 0 Å². The van der Waals surface area contributed by atoms with Crippen LogP contribution in [0.25, 0.3) is 0 Å². The fraction of sp³-hybridized carbons (Fsp3) is 0.250. The van der Waals surface area contributed by atoms with E-state index in [1.165, 1.54) is 13.2 Å². The van der Waals surface area contributed by atoms with Gasteiger partial charge in [0.25, 0.3) is 0 Å². The van der Waals surface area contributed by atoms with Crippen LogP contribution in [0.2, 0.25) is 0 Å². The van der Waals surface area contributed by atoms with Crippen molar-refractivity contribution in [2.75, 3.05) is 7.11 Å². The van der Waals surface area contributed by atoms with Gasteiger partial charge in [-0.1, -0.05) is 46.9 Å². The van der Waals surface area contributed by atoms with E-state index in [2.05, 4.69) is 0 Å². The number of halogens is 3. The van der Waals surface area contributed by atoms with Crippen molar-refractivity contribution in [3.63, 3.8) is 0 Å². The normalized spacial score (nSPS) is 11.4. The minimum absolute atomic E-state index is 0.0497. The van der Waals surface area contributed by atoms with Crippen LogP contribution in [0, 0.1) is 0 Å². The van der Waals surface area contributed by atoms with Gasteiger partial charge < -0.3 is 9.84 Å². The second-order valence-corrected chi connectivity index (χ2v) is 4.64. The van der Waals surface area contributed by atoms with Gasteiger partial charge in [0.05, 0.1) is 7.11 Å². The molecule has 0 heterocycles. The third kappa shape index (κ3) is 2.33. The van der Waals surface area contributed by atoms with Gasteiger partial charge in [-0.3, -0.25) is 0 Å². The molecule has 0 fully saturated rings. The standard InChI is InChI=1S/C8H7Cl3O2/c1-13-7-5(8(9,10)11)3-2-4-6(7)12/h2-4,12H,1H3. The van der Waals surface area contributed by atoms with Crippen molar-refractivity contribution >= 4 is 34.8 Å². The summed E-state index contributed by atoms with van der Waals surface area (Å²) in [4.78, 5) is 0. The highest BCUT2D eigenvalue weighted by atomic mass is 35.6. The van der Waals surface area contributed by atoms with Crippen molar-refractivity contribution < 1.29 is 9.84 Å². The molecule has 72 valence electrons. The molecule has 2 nitrogen and oxygen atoms in total. The number of hydrogen-bond acceptors (Lipinski definition) is 2. The largest absolute Gasteiger partial charge is 0.504 e. The Bertz CT molecular complexity index is 307. The van der Waals surface area contributed by atoms with Crippen molar-refractivity contribution in [3.05, 3.63) is 23.8 Å². The molecule has 0 aliphatic heterocycles. The van der Waals surface area contributed by atoms with Gasteiger partial charge in [-0.05, 0) is 6.07 Å². The zero-order valence-electron chi connectivity index (χ0n) is 6.72. The number of phenolic OH excluding ortho intramolecular Hbond substituents is 1. The molecule has 1 N–H and O–H groups in total. The molecule has 0 atom stereocenters. The second kappa shape index (κ2) is 3.82. The number of alkyl halides is 3. The Labute approximate surface area is 91.0 Å². The van der Waals surface area contributed by atoms with Gasteiger partial charge in [0.2, 0.25) is 3.79 Å². The van der Waals surface area contributed by atoms with Crippen molar-refractivity contribution in [2.24, 2.45) is 0 Å². The fourth-order valence-corrected chi connectivity index (χ4v) is 1.41. The van der Waals surface area contributed by atoms with E-state index < -0.39 is 3.79 Å². The van der Waals surface area contributed by atoms with Crippen molar-refractivity contribution in [3.8, 4) is 11.5 Å². The Hall–Kier alpha value is -0.310. The van der Waals surface area contributed by atoms with Gasteiger partial charge in [0.15, 0.2) is 11.5 Å². The van der Waals surface area contributed by atoms with Gasteiger partial charge in [-0.25, -0.2) is 0 Å². The molecule has 1 aromatic rings. The molecule has 0 unspecified atom stereocenters. The summed E-state index contributed by atoms with van der Waals surface area (Å²) in [5.74, 6) is 0.133. The molecule has 1 rings (SSSR count). The monoisotopic (exact) mass is 240 g/mol. The zero-order valence-corrected chi connectivity index (χ0v) is 8.99. The van der Waals surface area contributed by atoms with Gasteiger partial charge in [0.1, 0.15) is 0 Å². The van der Waals surface area contributed by atoms with E-state index in [0.717, 1.165) is 0 Å². The van der Waals surface area contributed by atoms with Gasteiger partial charge in [-0.2, -0.15) is 0 Å². The highest BCUT2D eigenvalue weighted by molar-refractivity contribution is 6.66. The molecule has 5 heteroatoms. The van der Waals surface area contributed by atoms with Crippen molar-refractivity contribution in [2.45, 2.75) is 3.79 Å². The molecular formula is C8H7Cl3O2. The summed E-state index contributed by atoms with van der Waals surface area (Å²) in [6, 6.07) is 4.61. The smallest absolute Gasteiger partial charge is 0.219 e. The quantitative estimate of drug-likeness (QED) is 0.765. The maximum atomic E-state index is 9.35. The average Bonchev–Trinajstić information content (AvgIpc) is 2.02. The maximum absolute atomic E-state index is 9.35. The Morgan fingerprint density at radius 3 is 2.31 bits per heavy atom. The van der Waals surface area contributed by atoms with Crippen LogP contribution in [0.5, 0.6) is 11.5 Å². The summed E-state index contributed by atoms with van der Waals surface area (Å²) in [6.07, 6.45) is 0. The third-order valence-electron chi connectivity index (χ3n) is 1.50. The molecule has 0 amide bonds. The summed E-state index contributed by atoms with van der Waals surface area (Å²) >= 11 is 17.0. The van der Waals surface area contributed by atoms with Gasteiger partial charge in [-0.15, -0.1) is 0 Å². The third-order valence-corrected chi connectivity index (χ3v) is 2.11. The summed E-state index contributed by atoms with van der Waals surface area (Å²) in [5, 5.41) is 9.35. The van der Waals surface area contributed by atoms with Crippen LogP contribution in [-0.4, -0.2) is 12.2 Å². The van der Waals surface area contributed by atoms with Crippen LogP contribution >= 0.6 is 34.8 Å². The summed E-state index contributed by atoms with van der Waals surface area (Å²) in [5.41, 5.74) is 0.319. The molecule has 13 heavy (non-hydrogen) atoms. The zero-order chi connectivity index (χ0) is 10.1. The minimum atomic E-state index is -1.59. The first-order valence-electron chi connectivity index (χ1n) is 3.40. The number of aromatic hydroxyl groups is 1. The SMILES string of the molecule is COc1c(O)cccc1C(Cl)(Cl)Cl. The molecule has 0 aliphatic rings. The van der Waals surface area contributed by atoms with E-state index in [0.29, 0.717) is 5.56 Å². The first-order valence-corrected chi connectivity index (χ1v) is 4.53. The van der Waals surface area contributed by atoms with Crippen molar-refractivity contribution in [1.82, 2.24) is 0 Å². The predicted octanol–water partition coefficient (Wildman–Crippen LogP) is 3.23. The molecule has 1 aromatic carbocycles. The number of methoxy groups -OCH3 is 1. The number of phenols is 1. The maximum Gasteiger partial charge on any atom is 0.219 e. The summed E-state index contributed by atoms with van der Waals surface area (Å²) in [7, 11) is 1.40. The summed E-state index contributed by atoms with van der Waals surface area (Å²) < 4.78 is 3.31. The lowest BCUT2D eigenvalue weighted by Crippen LogP contribution is -2.03. The van der Waals surface area contributed by atoms with Crippen LogP contribution in [-0.2, 0) is 3.79 Å². The average molecular weight is 242 g/mol. The number of rotatable bonds is 1. The van der Waals surface area contributed by atoms with Gasteiger partial charge in [0, 0.05) is 5.56 Å². The molecular weight excluding hydrogens is 234 g/mol. The van der Waals surface area contributed by atoms with E-state index in [1.807, 2.05) is 0 Å². The number of hydrogen-bond donors (Lipinski definition) is 1. The highest BCUT2D eigenvalue weighted by Gasteiger charge is 2.28. The van der Waals surface area contributed by atoms with E-state index in [1.54, 1.807) is 12.1 Å². The molecule has 0 saturated carbocycles. The lowest BCUT2D eigenvalue weighted by molar-refractivity contribution is 0.369. The van der Waals surface area contributed by atoms with Crippen molar-refractivity contribution in [1.29, 1.82) is 0 Å². The first-order chi connectivity index (χ1) is 5.96. The van der Waals surface area contributed by atoms with E-state index >= 15 is 0 Å². The van der Waals surface area contributed by atoms with Crippen LogP contribution in [0.4, 0.5) is 0 Å². The molecule has 0 saturated heterocycles. The summed E-state index contributed by atoms with van der Waals surface area (Å²) in [6.45, 7) is 0. The Kier molecular flexibility index (Phi) is 3.17. The Morgan fingerprint density at radius 1 is 1.31 bits per heavy atom. The van der Waals surface area contributed by atoms with Crippen LogP contribution < -0.4 is 4.74 Å². The topological polar surface area (TPSA) is 29.5 Å². The van der Waals surface area contributed by atoms with E-state index in [9.17, 15) is 5.11 Å². The second-order valence-electron chi connectivity index (χ2n) is 2.36.